The van der Waals surface area contributed by atoms with Gasteiger partial charge in [0.1, 0.15) is 6.10 Å². The lowest BCUT2D eigenvalue weighted by Crippen LogP contribution is -2.83. The van der Waals surface area contributed by atoms with Crippen LogP contribution < -0.4 is 5.32 Å². The number of ether oxygens (including phenoxy) is 7. The van der Waals surface area contributed by atoms with Gasteiger partial charge in [0.05, 0.1) is 35.6 Å². The highest BCUT2D eigenvalue weighted by molar-refractivity contribution is 5.96. The first-order valence-corrected chi connectivity index (χ1v) is 20.8. The minimum Gasteiger partial charge on any atom is -0.454 e. The number of rotatable bonds is 9. The summed E-state index contributed by atoms with van der Waals surface area (Å²) in [7, 11) is 2.76. The Morgan fingerprint density at radius 3 is 2.16 bits per heavy atom. The lowest BCUT2D eigenvalue weighted by Gasteiger charge is -2.67. The summed E-state index contributed by atoms with van der Waals surface area (Å²) in [5.41, 5.74) is -8.47. The van der Waals surface area contributed by atoms with Crippen LogP contribution in [0, 0.1) is 22.2 Å². The molecule has 1 aromatic carbocycles. The number of esters is 3. The van der Waals surface area contributed by atoms with Gasteiger partial charge in [0, 0.05) is 38.3 Å². The maximum atomic E-state index is 15.8. The number of carbonyl (C=O) groups is 7. The molecule has 1 spiro atoms. The molecule has 2 heterocycles. The van der Waals surface area contributed by atoms with E-state index in [9.17, 15) is 39.0 Å². The molecule has 2 saturated heterocycles. The van der Waals surface area contributed by atoms with Crippen LogP contribution in [-0.2, 0) is 52.3 Å². The minimum absolute atomic E-state index is 0.0251. The molecule has 12 atom stereocenters. The van der Waals surface area contributed by atoms with Crippen molar-refractivity contribution in [3.8, 4) is 0 Å². The first-order valence-electron chi connectivity index (χ1n) is 20.8. The molecule has 1 aromatic rings. The van der Waals surface area contributed by atoms with Gasteiger partial charge in [-0.3, -0.25) is 14.4 Å². The Bertz CT molecular complexity index is 2140. The van der Waals surface area contributed by atoms with Crippen molar-refractivity contribution in [2.45, 2.75) is 136 Å². The zero-order chi connectivity index (χ0) is 46.9. The Morgan fingerprint density at radius 1 is 0.984 bits per heavy atom. The van der Waals surface area contributed by atoms with E-state index in [1.165, 1.54) is 46.2 Å². The molecule has 4 fully saturated rings. The predicted molar refractivity (Wildman–Crippen MR) is 218 cm³/mol. The summed E-state index contributed by atoms with van der Waals surface area (Å²) in [5, 5.41) is 26.6. The van der Waals surface area contributed by atoms with Gasteiger partial charge in [0.2, 0.25) is 11.5 Å². The van der Waals surface area contributed by atoms with Crippen molar-refractivity contribution in [1.29, 1.82) is 0 Å². The minimum atomic E-state index is -2.38. The summed E-state index contributed by atoms with van der Waals surface area (Å²) in [6.45, 7) is 15.0. The van der Waals surface area contributed by atoms with Crippen molar-refractivity contribution < 1.29 is 76.9 Å². The van der Waals surface area contributed by atoms with Gasteiger partial charge in [0.15, 0.2) is 41.9 Å². The fourth-order valence-electron chi connectivity index (χ4n) is 10.1. The molecule has 6 rings (SSSR count). The van der Waals surface area contributed by atoms with Crippen molar-refractivity contribution in [2.75, 3.05) is 20.7 Å². The molecule has 344 valence electrons. The second-order valence-electron chi connectivity index (χ2n) is 19.3. The normalized spacial score (nSPS) is 33.7. The number of nitrogens with one attached hydrogen (secondary N) is 1. The summed E-state index contributed by atoms with van der Waals surface area (Å²) >= 11 is 0. The van der Waals surface area contributed by atoms with Crippen LogP contribution in [0.3, 0.4) is 0 Å². The van der Waals surface area contributed by atoms with Gasteiger partial charge in [-0.15, -0.1) is 0 Å². The number of allylic oxidation sites excluding steroid dienone is 1. The maximum absolute atomic E-state index is 15.8. The van der Waals surface area contributed by atoms with Crippen molar-refractivity contribution in [2.24, 2.45) is 22.2 Å². The maximum Gasteiger partial charge on any atom is 0.509 e. The smallest absolute Gasteiger partial charge is 0.454 e. The van der Waals surface area contributed by atoms with Gasteiger partial charge in [0.25, 0.3) is 0 Å². The van der Waals surface area contributed by atoms with E-state index in [1.54, 1.807) is 66.7 Å². The number of hydrogen-bond acceptors (Lipinski definition) is 16. The molecule has 2 saturated carbocycles. The number of aliphatic hydroxyl groups excluding tert-OH is 2. The summed E-state index contributed by atoms with van der Waals surface area (Å²) in [6, 6.07) is 6.42. The van der Waals surface area contributed by atoms with Crippen LogP contribution in [0.15, 0.2) is 53.1 Å². The monoisotopic (exact) mass is 882 g/mol. The fourth-order valence-corrected chi connectivity index (χ4v) is 10.1. The Hall–Kier alpha value is -5.33. The summed E-state index contributed by atoms with van der Waals surface area (Å²) in [6.07, 6.45) is -13.3. The van der Waals surface area contributed by atoms with Crippen molar-refractivity contribution in [3.05, 3.63) is 58.7 Å². The molecule has 2 aliphatic heterocycles. The van der Waals surface area contributed by atoms with E-state index in [0.29, 0.717) is 5.57 Å². The second kappa shape index (κ2) is 16.3. The molecular formula is C45H58N2O16. The van der Waals surface area contributed by atoms with Crippen molar-refractivity contribution in [3.63, 3.8) is 0 Å². The SMILES string of the molecule is CC(=O)O[C@@]12CO[C@@H]1C[C@H](O)[C@@]1(C)C(=O)[C@H](OC(=O)N(C)C)C3=C(C)[C@@H](OC(=O)[C@H](O)[C@H](C=C(C)C)NC(=O)C(C)(C)C)[C@@H]4OC(=O)O[C@]4([C@@H](OC(=O)c4ccccc4)[C@H]21)C3(C)C. The molecule has 0 unspecified atom stereocenters. The number of Topliss-reactive ketones (excluding diaryl/α,β-unsaturated/α-hetero) is 1. The molecule has 2 amide bonds. The Morgan fingerprint density at radius 2 is 1.62 bits per heavy atom. The molecule has 2 bridgehead atoms. The van der Waals surface area contributed by atoms with Gasteiger partial charge >= 0.3 is 30.2 Å². The molecule has 18 nitrogen and oxygen atoms in total. The first kappa shape index (κ1) is 47.2. The molecule has 3 aliphatic carbocycles. The van der Waals surface area contributed by atoms with Crippen LogP contribution >= 0.6 is 0 Å². The summed E-state index contributed by atoms with van der Waals surface area (Å²) in [5.74, 6) is -6.17. The van der Waals surface area contributed by atoms with Crippen LogP contribution in [0.2, 0.25) is 0 Å². The third-order valence-electron chi connectivity index (χ3n) is 13.3. The van der Waals surface area contributed by atoms with Crippen LogP contribution in [0.4, 0.5) is 9.59 Å². The molecule has 0 aromatic heterocycles. The number of carbonyl (C=O) groups excluding carboxylic acids is 7. The lowest BCUT2D eigenvalue weighted by molar-refractivity contribution is -0.345. The van der Waals surface area contributed by atoms with Crippen LogP contribution in [-0.4, -0.2) is 138 Å². The van der Waals surface area contributed by atoms with Crippen LogP contribution in [0.5, 0.6) is 0 Å². The standard InChI is InChI=1S/C45H58N2O16/c1-21(2)18-25(46-38(54)41(5,6)7)29(50)37(53)58-30-22(3)28-31(59-39(55)47(11)12)33(51)43(10)26(49)19-27-44(20-57-27,62-23(4)48)32(43)35(60-36(52)24-16-14-13-15-17-24)45(42(28,8)9)34(30)61-40(56)63-45/h13-18,25-27,29-32,34-35,49-50H,19-20H2,1-12H3,(H,46,54)/t25-,26-,27+,29+,30+,31+,32-,34-,35-,43+,44-,45+/m0/s1. The van der Waals surface area contributed by atoms with Crippen LogP contribution in [0.1, 0.15) is 86.0 Å². The predicted octanol–water partition coefficient (Wildman–Crippen LogP) is 3.35. The van der Waals surface area contributed by atoms with Crippen molar-refractivity contribution >= 4 is 41.8 Å². The zero-order valence-corrected chi connectivity index (χ0v) is 37.6. The molecule has 3 N–H and O–H groups in total. The van der Waals surface area contributed by atoms with Crippen LogP contribution in [0.25, 0.3) is 0 Å². The van der Waals surface area contributed by atoms with Gasteiger partial charge in [-0.2, -0.15) is 0 Å². The average molecular weight is 883 g/mol. The van der Waals surface area contributed by atoms with E-state index < -0.39 is 124 Å². The van der Waals surface area contributed by atoms with Crippen molar-refractivity contribution in [1.82, 2.24) is 10.2 Å². The van der Waals surface area contributed by atoms with E-state index in [4.69, 9.17) is 33.2 Å². The van der Waals surface area contributed by atoms with Gasteiger partial charge in [-0.1, -0.05) is 64.5 Å². The molecule has 63 heavy (non-hydrogen) atoms. The Kier molecular flexibility index (Phi) is 12.2. The largest absolute Gasteiger partial charge is 0.509 e. The molecule has 0 radical (unpaired) electrons. The number of hydrogen-bond donors (Lipinski definition) is 3. The highest BCUT2D eigenvalue weighted by atomic mass is 16.8. The Labute approximate surface area is 365 Å². The Balaban J connectivity index is 1.66. The third kappa shape index (κ3) is 7.56. The number of ketones is 1. The number of amides is 2. The van der Waals surface area contributed by atoms with E-state index in [0.717, 1.165) is 11.8 Å². The van der Waals surface area contributed by atoms with Gasteiger partial charge < -0.3 is 53.6 Å². The second-order valence-corrected chi connectivity index (χ2v) is 19.3. The molecular weight excluding hydrogens is 824 g/mol. The van der Waals surface area contributed by atoms with E-state index >= 15 is 4.79 Å². The number of benzene rings is 1. The number of aliphatic hydroxyl groups is 2. The number of nitrogens with zero attached hydrogens (tertiary/aromatic N) is 1. The first-order chi connectivity index (χ1) is 29.2. The lowest BCUT2D eigenvalue weighted by atomic mass is 9.44. The average Bonchev–Trinajstić information content (AvgIpc) is 3.55. The van der Waals surface area contributed by atoms with E-state index in [-0.39, 0.29) is 29.7 Å². The topological polar surface area (TPSA) is 240 Å². The quantitative estimate of drug-likeness (QED) is 0.183. The van der Waals surface area contributed by atoms with Gasteiger partial charge in [-0.05, 0) is 51.0 Å². The molecule has 5 aliphatic rings. The zero-order valence-electron chi connectivity index (χ0n) is 37.6. The summed E-state index contributed by atoms with van der Waals surface area (Å²) in [4.78, 5) is 99.7. The fraction of sp³-hybridized carbons (Fsp3) is 0.622. The highest BCUT2D eigenvalue weighted by Crippen LogP contribution is 2.67. The number of fused-ring (bicyclic) bond motifs is 4. The van der Waals surface area contributed by atoms with E-state index in [2.05, 4.69) is 5.32 Å². The van der Waals surface area contributed by atoms with Gasteiger partial charge in [-0.25, -0.2) is 19.2 Å². The summed E-state index contributed by atoms with van der Waals surface area (Å²) < 4.78 is 43.1. The molecule has 18 heteroatoms. The highest BCUT2D eigenvalue weighted by Gasteiger charge is 2.83. The van der Waals surface area contributed by atoms with E-state index in [1.807, 2.05) is 0 Å². The third-order valence-corrected chi connectivity index (χ3v) is 13.3.